The Labute approximate surface area is 102 Å². The highest BCUT2D eigenvalue weighted by molar-refractivity contribution is 5.57. The zero-order valence-electron chi connectivity index (χ0n) is 10.5. The van der Waals surface area contributed by atoms with Gasteiger partial charge in [-0.2, -0.15) is 5.26 Å². The minimum atomic E-state index is -0.184. The van der Waals surface area contributed by atoms with Crippen LogP contribution >= 0.6 is 0 Å². The number of nitrogens with zero attached hydrogens (tertiary/aromatic N) is 3. The molecule has 4 heteroatoms. The maximum absolute atomic E-state index is 9.21. The average molecular weight is 231 g/mol. The van der Waals surface area contributed by atoms with E-state index in [-0.39, 0.29) is 5.60 Å². The van der Waals surface area contributed by atoms with Crippen LogP contribution < -0.4 is 4.90 Å². The monoisotopic (exact) mass is 231 g/mol. The number of nitriles is 1. The topological polar surface area (TPSA) is 49.2 Å². The lowest BCUT2D eigenvalue weighted by molar-refractivity contribution is -0.0279. The first-order valence-corrected chi connectivity index (χ1v) is 5.78. The molecule has 1 aromatic rings. The molecule has 0 N–H and O–H groups in total. The molecule has 0 aliphatic carbocycles. The Morgan fingerprint density at radius 2 is 2.29 bits per heavy atom. The highest BCUT2D eigenvalue weighted by Crippen LogP contribution is 2.25. The van der Waals surface area contributed by atoms with E-state index in [1.807, 2.05) is 13.0 Å². The fourth-order valence-electron chi connectivity index (χ4n) is 2.12. The van der Waals surface area contributed by atoms with Crippen LogP contribution in [0.5, 0.6) is 0 Å². The molecule has 17 heavy (non-hydrogen) atoms. The molecular weight excluding hydrogens is 214 g/mol. The van der Waals surface area contributed by atoms with Crippen LogP contribution in [0.3, 0.4) is 0 Å². The average Bonchev–Trinajstić information content (AvgIpc) is 2.27. The molecule has 0 aromatic carbocycles. The highest BCUT2D eigenvalue weighted by atomic mass is 16.5. The third-order valence-electron chi connectivity index (χ3n) is 2.98. The molecule has 0 saturated carbocycles. The lowest BCUT2D eigenvalue weighted by Gasteiger charge is -2.39. The van der Waals surface area contributed by atoms with Crippen molar-refractivity contribution in [1.29, 1.82) is 5.26 Å². The van der Waals surface area contributed by atoms with Crippen molar-refractivity contribution in [3.8, 4) is 6.07 Å². The van der Waals surface area contributed by atoms with E-state index < -0.39 is 0 Å². The molecule has 0 spiro atoms. The molecule has 1 aromatic heterocycles. The normalized spacial score (nSPS) is 18.8. The minimum absolute atomic E-state index is 0.184. The van der Waals surface area contributed by atoms with Crippen molar-refractivity contribution in [3.05, 3.63) is 23.4 Å². The van der Waals surface area contributed by atoms with E-state index in [0.29, 0.717) is 12.2 Å². The summed E-state index contributed by atoms with van der Waals surface area (Å²) < 4.78 is 5.67. The summed E-state index contributed by atoms with van der Waals surface area (Å²) in [5, 5.41) is 9.21. The first-order valence-electron chi connectivity index (χ1n) is 5.78. The van der Waals surface area contributed by atoms with Crippen LogP contribution in [-0.2, 0) is 4.74 Å². The molecule has 4 nitrogen and oxygen atoms in total. The molecule has 1 aliphatic heterocycles. The van der Waals surface area contributed by atoms with Gasteiger partial charge in [0.15, 0.2) is 0 Å². The summed E-state index contributed by atoms with van der Waals surface area (Å²) in [6, 6.07) is 4.11. The summed E-state index contributed by atoms with van der Waals surface area (Å²) >= 11 is 0. The van der Waals surface area contributed by atoms with Crippen molar-refractivity contribution in [1.82, 2.24) is 4.98 Å². The second kappa shape index (κ2) is 4.34. The van der Waals surface area contributed by atoms with Crippen molar-refractivity contribution in [2.45, 2.75) is 26.4 Å². The van der Waals surface area contributed by atoms with Gasteiger partial charge in [-0.25, -0.2) is 4.98 Å². The Balaban J connectivity index is 2.35. The van der Waals surface area contributed by atoms with Gasteiger partial charge in [0.25, 0.3) is 0 Å². The number of hydrogen-bond acceptors (Lipinski definition) is 4. The third kappa shape index (κ3) is 2.40. The van der Waals surface area contributed by atoms with Crippen LogP contribution in [0.4, 0.5) is 5.82 Å². The summed E-state index contributed by atoms with van der Waals surface area (Å²) in [4.78, 5) is 6.48. The van der Waals surface area contributed by atoms with E-state index in [4.69, 9.17) is 4.74 Å². The highest BCUT2D eigenvalue weighted by Gasteiger charge is 2.29. The first-order chi connectivity index (χ1) is 8.03. The summed E-state index contributed by atoms with van der Waals surface area (Å²) in [5.74, 6) is 0.781. The molecular formula is C13H17N3O. The van der Waals surface area contributed by atoms with Gasteiger partial charge in [0, 0.05) is 19.3 Å². The Bertz CT molecular complexity index is 462. The van der Waals surface area contributed by atoms with Gasteiger partial charge in [0.1, 0.15) is 11.9 Å². The lowest BCUT2D eigenvalue weighted by Crippen LogP contribution is -2.48. The largest absolute Gasteiger partial charge is 0.372 e. The quantitative estimate of drug-likeness (QED) is 0.740. The number of ether oxygens (including phenoxy) is 1. The number of pyridine rings is 1. The van der Waals surface area contributed by atoms with Crippen molar-refractivity contribution in [2.24, 2.45) is 0 Å². The Kier molecular flexibility index (Phi) is 3.03. The molecule has 0 bridgehead atoms. The Morgan fingerprint density at radius 3 is 2.94 bits per heavy atom. The van der Waals surface area contributed by atoms with E-state index in [9.17, 15) is 5.26 Å². The van der Waals surface area contributed by atoms with E-state index in [0.717, 1.165) is 24.5 Å². The molecule has 0 atom stereocenters. The second-order valence-corrected chi connectivity index (χ2v) is 4.97. The van der Waals surface area contributed by atoms with Gasteiger partial charge in [-0.15, -0.1) is 0 Å². The number of anilines is 1. The first kappa shape index (κ1) is 11.9. The third-order valence-corrected chi connectivity index (χ3v) is 2.98. The summed E-state index contributed by atoms with van der Waals surface area (Å²) in [5.41, 5.74) is 1.46. The summed E-state index contributed by atoms with van der Waals surface area (Å²) in [6.07, 6.45) is 1.76. The van der Waals surface area contributed by atoms with E-state index in [1.54, 1.807) is 6.20 Å². The summed E-state index contributed by atoms with van der Waals surface area (Å²) in [6.45, 7) is 8.28. The van der Waals surface area contributed by atoms with Gasteiger partial charge in [-0.1, -0.05) is 0 Å². The fraction of sp³-hybridized carbons (Fsp3) is 0.538. The van der Waals surface area contributed by atoms with Gasteiger partial charge in [-0.05, 0) is 32.4 Å². The van der Waals surface area contributed by atoms with Gasteiger partial charge in [-0.3, -0.25) is 0 Å². The Hall–Kier alpha value is -1.60. The molecule has 1 saturated heterocycles. The van der Waals surface area contributed by atoms with Gasteiger partial charge in [0.05, 0.1) is 17.8 Å². The van der Waals surface area contributed by atoms with Crippen LogP contribution in [-0.4, -0.2) is 30.3 Å². The van der Waals surface area contributed by atoms with Crippen LogP contribution in [0.2, 0.25) is 0 Å². The SMILES string of the molecule is Cc1ccnc(N2CCOC(C)(C)C2)c1C#N. The molecule has 2 heterocycles. The molecule has 90 valence electrons. The predicted octanol–water partition coefficient (Wildman–Crippen LogP) is 1.88. The molecule has 0 unspecified atom stereocenters. The maximum atomic E-state index is 9.21. The number of rotatable bonds is 1. The van der Waals surface area contributed by atoms with Crippen LogP contribution in [0.15, 0.2) is 12.3 Å². The standard InChI is InChI=1S/C13H17N3O/c1-10-4-5-15-12(11(10)8-14)16-6-7-17-13(2,3)9-16/h4-5H,6-7,9H2,1-3H3. The predicted molar refractivity (Wildman–Crippen MR) is 65.9 cm³/mol. The van der Waals surface area contributed by atoms with E-state index in [1.165, 1.54) is 0 Å². The molecule has 0 amide bonds. The van der Waals surface area contributed by atoms with E-state index in [2.05, 4.69) is 29.8 Å². The Morgan fingerprint density at radius 1 is 1.53 bits per heavy atom. The van der Waals surface area contributed by atoms with Crippen LogP contribution in [0.25, 0.3) is 0 Å². The second-order valence-electron chi connectivity index (χ2n) is 4.97. The number of morpholine rings is 1. The van der Waals surface area contributed by atoms with Crippen molar-refractivity contribution >= 4 is 5.82 Å². The van der Waals surface area contributed by atoms with Gasteiger partial charge in [0.2, 0.25) is 0 Å². The molecule has 1 fully saturated rings. The fourth-order valence-corrected chi connectivity index (χ4v) is 2.12. The van der Waals surface area contributed by atoms with Gasteiger partial charge >= 0.3 is 0 Å². The van der Waals surface area contributed by atoms with Gasteiger partial charge < -0.3 is 9.64 Å². The zero-order chi connectivity index (χ0) is 12.5. The number of aromatic nitrogens is 1. The molecule has 1 aliphatic rings. The summed E-state index contributed by atoms with van der Waals surface area (Å²) in [7, 11) is 0. The van der Waals surface area contributed by atoms with E-state index >= 15 is 0 Å². The minimum Gasteiger partial charge on any atom is -0.372 e. The van der Waals surface area contributed by atoms with Crippen LogP contribution in [0, 0.1) is 18.3 Å². The maximum Gasteiger partial charge on any atom is 0.146 e. The van der Waals surface area contributed by atoms with Crippen molar-refractivity contribution < 1.29 is 4.74 Å². The zero-order valence-corrected chi connectivity index (χ0v) is 10.5. The van der Waals surface area contributed by atoms with Crippen LogP contribution in [0.1, 0.15) is 25.0 Å². The smallest absolute Gasteiger partial charge is 0.146 e. The lowest BCUT2D eigenvalue weighted by atomic mass is 10.1. The van der Waals surface area contributed by atoms with Crippen molar-refractivity contribution in [2.75, 3.05) is 24.6 Å². The van der Waals surface area contributed by atoms with Crippen molar-refractivity contribution in [3.63, 3.8) is 0 Å². The molecule has 2 rings (SSSR count). The molecule has 0 radical (unpaired) electrons. The number of aryl methyl sites for hydroxylation is 1. The number of hydrogen-bond donors (Lipinski definition) is 0.